The maximum atomic E-state index is 13.1. The summed E-state index contributed by atoms with van der Waals surface area (Å²) >= 11 is 16.2. The van der Waals surface area contributed by atoms with Crippen LogP contribution in [0.3, 0.4) is 0 Å². The van der Waals surface area contributed by atoms with Crippen LogP contribution in [0.2, 0.25) is 10.0 Å². The summed E-state index contributed by atoms with van der Waals surface area (Å²) in [5.41, 5.74) is 1.98. The summed E-state index contributed by atoms with van der Waals surface area (Å²) < 4.78 is 36.1. The Morgan fingerprint density at radius 1 is 1.09 bits per heavy atom. The van der Waals surface area contributed by atoms with Crippen molar-refractivity contribution in [1.82, 2.24) is 14.5 Å². The zero-order chi connectivity index (χ0) is 24.5. The average Bonchev–Trinajstić information content (AvgIpc) is 3.42. The van der Waals surface area contributed by atoms with Crippen molar-refractivity contribution in [3.63, 3.8) is 0 Å². The molecule has 0 aliphatic carbocycles. The van der Waals surface area contributed by atoms with Gasteiger partial charge in [0.05, 0.1) is 21.2 Å². The molecule has 6 nitrogen and oxygen atoms in total. The van der Waals surface area contributed by atoms with Crippen LogP contribution in [0.4, 0.5) is 20.4 Å². The van der Waals surface area contributed by atoms with E-state index in [0.717, 1.165) is 15.4 Å². The van der Waals surface area contributed by atoms with Gasteiger partial charge in [-0.2, -0.15) is 9.13 Å². The Hall–Kier alpha value is -3.14. The van der Waals surface area contributed by atoms with E-state index in [1.54, 1.807) is 15.3 Å². The van der Waals surface area contributed by atoms with Gasteiger partial charge in [0, 0.05) is 28.3 Å². The smallest absolute Gasteiger partial charge is 0.334 e. The highest BCUT2D eigenvalue weighted by Crippen LogP contribution is 2.34. The molecule has 0 aliphatic rings. The maximum absolute atomic E-state index is 13.1. The molecule has 0 saturated heterocycles. The molecular formula is C24H17BrCl2F2N5O+. The lowest BCUT2D eigenvalue weighted by Crippen LogP contribution is -2.33. The minimum atomic E-state index is -2.65. The number of aromatic nitrogens is 4. The van der Waals surface area contributed by atoms with Gasteiger partial charge in [0.25, 0.3) is 12.3 Å². The summed E-state index contributed by atoms with van der Waals surface area (Å²) in [4.78, 5) is 7.36. The summed E-state index contributed by atoms with van der Waals surface area (Å²) in [6.45, 7) is -0.774. The van der Waals surface area contributed by atoms with E-state index in [1.165, 1.54) is 12.4 Å². The summed E-state index contributed by atoms with van der Waals surface area (Å²) in [6, 6.07) is 17.1. The second-order valence-electron chi connectivity index (χ2n) is 7.52. The van der Waals surface area contributed by atoms with Crippen LogP contribution in [0.25, 0.3) is 22.4 Å². The molecule has 2 N–H and O–H groups in total. The molecule has 0 unspecified atom stereocenters. The molecule has 0 amide bonds. The first-order chi connectivity index (χ1) is 16.9. The minimum Gasteiger partial charge on any atom is -0.462 e. The molecule has 5 rings (SSSR count). The largest absolute Gasteiger partial charge is 0.462 e. The van der Waals surface area contributed by atoms with Gasteiger partial charge < -0.3 is 4.74 Å². The average molecular weight is 580 g/mol. The Bertz CT molecular complexity index is 1450. The summed E-state index contributed by atoms with van der Waals surface area (Å²) in [5, 5.41) is 4.83. The van der Waals surface area contributed by atoms with E-state index in [2.05, 4.69) is 31.2 Å². The molecule has 0 spiro atoms. The number of ether oxygens (including phenoxy) is 1. The molecule has 0 bridgehead atoms. The number of benzene rings is 2. The first kappa shape index (κ1) is 23.6. The Kier molecular flexibility index (Phi) is 6.64. The van der Waals surface area contributed by atoms with Crippen molar-refractivity contribution < 1.29 is 18.1 Å². The number of nitrogens with zero attached hydrogens (tertiary/aromatic N) is 3. The zero-order valence-electron chi connectivity index (χ0n) is 17.9. The molecule has 5 aromatic rings. The number of pyridine rings is 1. The zero-order valence-corrected chi connectivity index (χ0v) is 21.0. The molecule has 3 aromatic heterocycles. The van der Waals surface area contributed by atoms with Crippen LogP contribution < -0.4 is 14.6 Å². The molecule has 0 fully saturated rings. The third-order valence-electron chi connectivity index (χ3n) is 5.21. The predicted octanol–water partition coefficient (Wildman–Crippen LogP) is 7.09. The Morgan fingerprint density at radius 2 is 1.80 bits per heavy atom. The number of aromatic amines is 1. The summed E-state index contributed by atoms with van der Waals surface area (Å²) in [7, 11) is 0. The lowest BCUT2D eigenvalue weighted by atomic mass is 10.2. The Morgan fingerprint density at radius 3 is 2.49 bits per heavy atom. The van der Waals surface area contributed by atoms with E-state index < -0.39 is 13.0 Å². The molecule has 2 aromatic carbocycles. The van der Waals surface area contributed by atoms with Crippen molar-refractivity contribution in [2.75, 3.05) is 11.9 Å². The van der Waals surface area contributed by atoms with Crippen LogP contribution in [0, 0.1) is 0 Å². The van der Waals surface area contributed by atoms with Gasteiger partial charge in [-0.1, -0.05) is 57.3 Å². The van der Waals surface area contributed by atoms with Gasteiger partial charge in [0.1, 0.15) is 11.9 Å². The number of alkyl halides is 2. The normalized spacial score (nSPS) is 11.4. The van der Waals surface area contributed by atoms with Gasteiger partial charge in [0.2, 0.25) is 5.82 Å². The number of hydrogen-bond acceptors (Lipinski definition) is 3. The number of hydrogen-bond donors (Lipinski definition) is 2. The van der Waals surface area contributed by atoms with Gasteiger partial charge in [-0.15, -0.1) is 0 Å². The molecule has 3 heterocycles. The topological polar surface area (TPSA) is 58.8 Å². The number of H-pyrrole nitrogens is 1. The third kappa shape index (κ3) is 4.84. The van der Waals surface area contributed by atoms with E-state index >= 15 is 0 Å². The van der Waals surface area contributed by atoms with E-state index in [0.29, 0.717) is 33.2 Å². The monoisotopic (exact) mass is 578 g/mol. The van der Waals surface area contributed by atoms with Crippen LogP contribution in [-0.2, 0) is 0 Å². The predicted molar refractivity (Wildman–Crippen MR) is 136 cm³/mol. The fourth-order valence-electron chi connectivity index (χ4n) is 3.66. The van der Waals surface area contributed by atoms with Crippen molar-refractivity contribution >= 4 is 61.7 Å². The molecule has 0 radical (unpaired) electrons. The van der Waals surface area contributed by atoms with Crippen molar-refractivity contribution in [3.05, 3.63) is 87.7 Å². The number of para-hydroxylation sites is 1. The minimum absolute atomic E-state index is 0.190. The lowest BCUT2D eigenvalue weighted by molar-refractivity contribution is -0.582. The highest BCUT2D eigenvalue weighted by atomic mass is 79.9. The summed E-state index contributed by atoms with van der Waals surface area (Å²) in [6.07, 6.45) is 1.90. The first-order valence-electron chi connectivity index (χ1n) is 10.4. The van der Waals surface area contributed by atoms with Crippen molar-refractivity contribution in [1.29, 1.82) is 0 Å². The number of halogens is 5. The molecule has 178 valence electrons. The highest BCUT2D eigenvalue weighted by molar-refractivity contribution is 9.10. The number of nitrogens with one attached hydrogen (secondary N) is 2. The van der Waals surface area contributed by atoms with E-state index in [9.17, 15) is 8.78 Å². The molecule has 11 heteroatoms. The highest BCUT2D eigenvalue weighted by Gasteiger charge is 2.28. The van der Waals surface area contributed by atoms with E-state index in [4.69, 9.17) is 27.9 Å². The van der Waals surface area contributed by atoms with Crippen molar-refractivity contribution in [3.8, 4) is 17.4 Å². The number of imidazole rings is 1. The van der Waals surface area contributed by atoms with Crippen molar-refractivity contribution in [2.45, 2.75) is 6.43 Å². The second-order valence-corrected chi connectivity index (χ2v) is 9.25. The quantitative estimate of drug-likeness (QED) is 0.202. The van der Waals surface area contributed by atoms with Gasteiger partial charge in [0.15, 0.2) is 6.61 Å². The van der Waals surface area contributed by atoms with Crippen LogP contribution >= 0.6 is 39.1 Å². The molecule has 0 saturated carbocycles. The van der Waals surface area contributed by atoms with Crippen LogP contribution in [-0.4, -0.2) is 27.6 Å². The van der Waals surface area contributed by atoms with Gasteiger partial charge >= 0.3 is 5.95 Å². The molecule has 0 aliphatic heterocycles. The Balaban J connectivity index is 1.76. The molecule has 0 atom stereocenters. The van der Waals surface area contributed by atoms with Gasteiger partial charge in [-0.05, 0) is 30.3 Å². The summed E-state index contributed by atoms with van der Waals surface area (Å²) in [5.74, 6) is 1.31. The first-order valence-corrected chi connectivity index (χ1v) is 11.9. The van der Waals surface area contributed by atoms with Crippen LogP contribution in [0.15, 0.2) is 77.7 Å². The van der Waals surface area contributed by atoms with Gasteiger partial charge in [-0.3, -0.25) is 15.3 Å². The SMILES string of the molecule is FC(F)COc1c[n+](-c2cc3ccccc3[nH]2)c(Nc2c(Cl)cncc2Cl)n1-c1ccc(Br)cc1. The number of fused-ring (bicyclic) bond motifs is 1. The van der Waals surface area contributed by atoms with Gasteiger partial charge in [-0.25, -0.2) is 8.78 Å². The molecule has 35 heavy (non-hydrogen) atoms. The molecular weight excluding hydrogens is 563 g/mol. The van der Waals surface area contributed by atoms with Crippen molar-refractivity contribution in [2.24, 2.45) is 0 Å². The van der Waals surface area contributed by atoms with Crippen LogP contribution in [0.5, 0.6) is 5.88 Å². The fraction of sp³-hybridized carbons (Fsp3) is 0.0833. The lowest BCUT2D eigenvalue weighted by Gasteiger charge is -2.11. The van der Waals surface area contributed by atoms with E-state index in [1.807, 2.05) is 54.6 Å². The van der Waals surface area contributed by atoms with Crippen LogP contribution in [0.1, 0.15) is 0 Å². The third-order valence-corrected chi connectivity index (χ3v) is 6.31. The number of anilines is 2. The maximum Gasteiger partial charge on any atom is 0.334 e. The standard InChI is InChI=1S/C24H16BrCl2F2N5O/c25-15-5-7-16(8-6-15)34-22(35-13-20(28)29)12-33(21-9-14-3-1-2-4-19(14)31-21)24(34)32-23-17(26)10-30-11-18(23)27/h1-12,20,31H,13H2/p+1. The number of rotatable bonds is 7. The second kappa shape index (κ2) is 9.85. The van der Waals surface area contributed by atoms with E-state index in [-0.39, 0.29) is 5.88 Å². The fourth-order valence-corrected chi connectivity index (χ4v) is 4.38. The Labute approximate surface area is 217 Å².